The summed E-state index contributed by atoms with van der Waals surface area (Å²) in [5.41, 5.74) is 2.06. The maximum absolute atomic E-state index is 13.0. The van der Waals surface area contributed by atoms with E-state index in [0.29, 0.717) is 5.69 Å². The van der Waals surface area contributed by atoms with Crippen molar-refractivity contribution in [1.29, 1.82) is 0 Å². The zero-order valence-corrected chi connectivity index (χ0v) is 15.6. The van der Waals surface area contributed by atoms with Crippen molar-refractivity contribution in [3.8, 4) is 0 Å². The largest absolute Gasteiger partial charge is 0.335 e. The highest BCUT2D eigenvalue weighted by Crippen LogP contribution is 2.19. The van der Waals surface area contributed by atoms with Crippen LogP contribution in [0.5, 0.6) is 0 Å². The zero-order valence-electron chi connectivity index (χ0n) is 14.8. The molecule has 0 bridgehead atoms. The molecule has 5 nitrogen and oxygen atoms in total. The number of carbonyl (C=O) groups excluding carboxylic acids is 1. The lowest BCUT2D eigenvalue weighted by Gasteiger charge is -2.24. The van der Waals surface area contributed by atoms with Gasteiger partial charge in [-0.3, -0.25) is 9.52 Å². The van der Waals surface area contributed by atoms with Crippen molar-refractivity contribution in [3.05, 3.63) is 71.6 Å². The van der Waals surface area contributed by atoms with E-state index in [1.165, 1.54) is 18.2 Å². The van der Waals surface area contributed by atoms with Gasteiger partial charge in [0.05, 0.1) is 12.3 Å². The van der Waals surface area contributed by atoms with Crippen molar-refractivity contribution in [1.82, 2.24) is 4.90 Å². The van der Waals surface area contributed by atoms with Gasteiger partial charge in [0.2, 0.25) is 15.9 Å². The summed E-state index contributed by atoms with van der Waals surface area (Å²) in [6.45, 7) is 1.87. The van der Waals surface area contributed by atoms with E-state index in [1.807, 2.05) is 6.92 Å². The Morgan fingerprint density at radius 3 is 2.23 bits per heavy atom. The molecule has 0 radical (unpaired) electrons. The molecule has 0 aliphatic rings. The summed E-state index contributed by atoms with van der Waals surface area (Å²) in [5, 5.41) is 0. The molecule has 0 fully saturated rings. The normalized spacial score (nSPS) is 12.8. The van der Waals surface area contributed by atoms with E-state index in [2.05, 4.69) is 4.72 Å². The minimum atomic E-state index is -3.32. The molecule has 26 heavy (non-hydrogen) atoms. The van der Waals surface area contributed by atoms with Gasteiger partial charge in [-0.05, 0) is 48.4 Å². The minimum absolute atomic E-state index is 0.194. The predicted molar refractivity (Wildman–Crippen MR) is 102 cm³/mol. The number of nitrogens with one attached hydrogen (secondary N) is 1. The van der Waals surface area contributed by atoms with Crippen molar-refractivity contribution < 1.29 is 17.6 Å². The number of carbonyl (C=O) groups is 1. The molecule has 0 aromatic heterocycles. The van der Waals surface area contributed by atoms with Crippen LogP contribution in [0.25, 0.3) is 6.08 Å². The first kappa shape index (κ1) is 19.7. The lowest BCUT2D eigenvalue weighted by atomic mass is 10.1. The van der Waals surface area contributed by atoms with Gasteiger partial charge in [-0.2, -0.15) is 0 Å². The smallest absolute Gasteiger partial charge is 0.246 e. The summed E-state index contributed by atoms with van der Waals surface area (Å²) in [6.07, 6.45) is 4.18. The molecule has 1 unspecified atom stereocenters. The molecule has 0 aliphatic heterocycles. The SMILES string of the molecule is CC(c1ccc(F)cc1)N(C)C(=O)/C=C/c1ccc(NS(C)(=O)=O)cc1. The molecule has 1 N–H and O–H groups in total. The Balaban J connectivity index is 2.02. The fourth-order valence-electron chi connectivity index (χ4n) is 2.32. The number of hydrogen-bond acceptors (Lipinski definition) is 3. The zero-order chi connectivity index (χ0) is 19.3. The number of benzene rings is 2. The Morgan fingerprint density at radius 2 is 1.69 bits per heavy atom. The van der Waals surface area contributed by atoms with Crippen LogP contribution in [-0.2, 0) is 14.8 Å². The van der Waals surface area contributed by atoms with Crippen LogP contribution >= 0.6 is 0 Å². The lowest BCUT2D eigenvalue weighted by Crippen LogP contribution is -2.27. The van der Waals surface area contributed by atoms with E-state index < -0.39 is 10.0 Å². The van der Waals surface area contributed by atoms with Crippen molar-refractivity contribution in [3.63, 3.8) is 0 Å². The van der Waals surface area contributed by atoms with Gasteiger partial charge in [0.25, 0.3) is 0 Å². The fraction of sp³-hybridized carbons (Fsp3) is 0.211. The summed E-state index contributed by atoms with van der Waals surface area (Å²) in [5.74, 6) is -0.510. The molecule has 0 heterocycles. The molecule has 7 heteroatoms. The number of likely N-dealkylation sites (N-methyl/N-ethyl adjacent to an activating group) is 1. The van der Waals surface area contributed by atoms with Gasteiger partial charge in [0.15, 0.2) is 0 Å². The van der Waals surface area contributed by atoms with Gasteiger partial charge < -0.3 is 4.90 Å². The third-order valence-corrected chi connectivity index (χ3v) is 4.52. The van der Waals surface area contributed by atoms with Gasteiger partial charge in [-0.1, -0.05) is 24.3 Å². The van der Waals surface area contributed by atoms with Gasteiger partial charge in [-0.15, -0.1) is 0 Å². The summed E-state index contributed by atoms with van der Waals surface area (Å²) in [4.78, 5) is 13.9. The second-order valence-corrected chi connectivity index (χ2v) is 7.75. The molecule has 0 spiro atoms. The highest BCUT2D eigenvalue weighted by molar-refractivity contribution is 7.92. The molecule has 2 aromatic carbocycles. The summed E-state index contributed by atoms with van der Waals surface area (Å²) in [7, 11) is -1.64. The highest BCUT2D eigenvalue weighted by Gasteiger charge is 2.15. The van der Waals surface area contributed by atoms with E-state index in [-0.39, 0.29) is 17.8 Å². The quantitative estimate of drug-likeness (QED) is 0.786. The molecule has 138 valence electrons. The Bertz CT molecular complexity index is 891. The van der Waals surface area contributed by atoms with E-state index in [9.17, 15) is 17.6 Å². The topological polar surface area (TPSA) is 66.5 Å². The molecule has 1 amide bonds. The molecule has 0 saturated carbocycles. The first-order chi connectivity index (χ1) is 12.2. The molecule has 2 rings (SSSR count). The van der Waals surface area contributed by atoms with E-state index in [0.717, 1.165) is 17.4 Å². The first-order valence-corrected chi connectivity index (χ1v) is 9.83. The summed E-state index contributed by atoms with van der Waals surface area (Å²) < 4.78 is 37.7. The van der Waals surface area contributed by atoms with E-state index in [1.54, 1.807) is 54.4 Å². The summed E-state index contributed by atoms with van der Waals surface area (Å²) in [6, 6.07) is 12.5. The molecular formula is C19H21FN2O3S. The number of halogens is 1. The summed E-state index contributed by atoms with van der Waals surface area (Å²) >= 11 is 0. The third-order valence-electron chi connectivity index (χ3n) is 3.91. The molecule has 0 saturated heterocycles. The van der Waals surface area contributed by atoms with Crippen molar-refractivity contribution in [2.45, 2.75) is 13.0 Å². The Hall–Kier alpha value is -2.67. The number of amides is 1. The predicted octanol–water partition coefficient (Wildman–Crippen LogP) is 3.43. The maximum atomic E-state index is 13.0. The van der Waals surface area contributed by atoms with Crippen molar-refractivity contribution in [2.75, 3.05) is 18.0 Å². The van der Waals surface area contributed by atoms with Crippen LogP contribution in [0.1, 0.15) is 24.1 Å². The van der Waals surface area contributed by atoms with Crippen LogP contribution in [0.4, 0.5) is 10.1 Å². The monoisotopic (exact) mass is 376 g/mol. The number of anilines is 1. The van der Waals surface area contributed by atoms with Crippen LogP contribution in [0.15, 0.2) is 54.6 Å². The second-order valence-electron chi connectivity index (χ2n) is 6.01. The molecule has 1 atom stereocenters. The average molecular weight is 376 g/mol. The molecule has 2 aromatic rings. The molecule has 0 aliphatic carbocycles. The first-order valence-electron chi connectivity index (χ1n) is 7.94. The standard InChI is InChI=1S/C19H21FN2O3S/c1-14(16-7-9-17(20)10-8-16)22(2)19(23)13-6-15-4-11-18(12-5-15)21-26(3,24)25/h4-14,21H,1-3H3/b13-6+. The number of nitrogens with zero attached hydrogens (tertiary/aromatic N) is 1. The number of hydrogen-bond donors (Lipinski definition) is 1. The van der Waals surface area contributed by atoms with Crippen LogP contribution in [-0.4, -0.2) is 32.5 Å². The lowest BCUT2D eigenvalue weighted by molar-refractivity contribution is -0.126. The number of sulfonamides is 1. The van der Waals surface area contributed by atoms with Gasteiger partial charge in [-0.25, -0.2) is 12.8 Å². The van der Waals surface area contributed by atoms with Crippen LogP contribution < -0.4 is 4.72 Å². The van der Waals surface area contributed by atoms with Gasteiger partial charge in [0, 0.05) is 18.8 Å². The molecular weight excluding hydrogens is 355 g/mol. The van der Waals surface area contributed by atoms with E-state index >= 15 is 0 Å². The van der Waals surface area contributed by atoms with E-state index in [4.69, 9.17) is 0 Å². The van der Waals surface area contributed by atoms with Gasteiger partial charge >= 0.3 is 0 Å². The highest BCUT2D eigenvalue weighted by atomic mass is 32.2. The minimum Gasteiger partial charge on any atom is -0.335 e. The Kier molecular flexibility index (Phi) is 6.15. The third kappa shape index (κ3) is 5.70. The van der Waals surface area contributed by atoms with Gasteiger partial charge in [0.1, 0.15) is 5.82 Å². The van der Waals surface area contributed by atoms with Crippen LogP contribution in [0.3, 0.4) is 0 Å². The van der Waals surface area contributed by atoms with Crippen molar-refractivity contribution >= 4 is 27.7 Å². The fourth-order valence-corrected chi connectivity index (χ4v) is 2.88. The average Bonchev–Trinajstić information content (AvgIpc) is 2.59. The Labute approximate surface area is 153 Å². The maximum Gasteiger partial charge on any atom is 0.246 e. The van der Waals surface area contributed by atoms with Crippen LogP contribution in [0, 0.1) is 5.82 Å². The van der Waals surface area contributed by atoms with Crippen molar-refractivity contribution in [2.24, 2.45) is 0 Å². The second kappa shape index (κ2) is 8.14. The van der Waals surface area contributed by atoms with Crippen LogP contribution in [0.2, 0.25) is 0 Å². The Morgan fingerprint density at radius 1 is 1.12 bits per heavy atom. The number of rotatable bonds is 6.